The average molecular weight is 279 g/mol. The highest BCUT2D eigenvalue weighted by molar-refractivity contribution is 5.75. The highest BCUT2D eigenvalue weighted by Crippen LogP contribution is 2.39. The van der Waals surface area contributed by atoms with Crippen LogP contribution in [0.3, 0.4) is 0 Å². The van der Waals surface area contributed by atoms with Crippen LogP contribution in [-0.2, 0) is 10.5 Å². The SMILES string of the molecule is NCC[C@]1(n2cnc3c(O)ncnc32)CC[C@@H](CO)O1. The fourth-order valence-electron chi connectivity index (χ4n) is 2.77. The fourth-order valence-corrected chi connectivity index (χ4v) is 2.77. The van der Waals surface area contributed by atoms with Crippen LogP contribution in [0.5, 0.6) is 5.88 Å². The largest absolute Gasteiger partial charge is 0.492 e. The molecular formula is C12H17N5O3. The first kappa shape index (κ1) is 13.2. The van der Waals surface area contributed by atoms with Gasteiger partial charge in [0.2, 0.25) is 5.88 Å². The van der Waals surface area contributed by atoms with Crippen molar-refractivity contribution < 1.29 is 14.9 Å². The van der Waals surface area contributed by atoms with Crippen molar-refractivity contribution in [2.45, 2.75) is 31.1 Å². The molecule has 1 aliphatic heterocycles. The smallest absolute Gasteiger partial charge is 0.242 e. The van der Waals surface area contributed by atoms with Crippen molar-refractivity contribution in [1.82, 2.24) is 19.5 Å². The number of nitrogens with two attached hydrogens (primary N) is 1. The summed E-state index contributed by atoms with van der Waals surface area (Å²) in [5.41, 5.74) is 5.87. The fraction of sp³-hybridized carbons (Fsp3) is 0.583. The number of hydrogen-bond acceptors (Lipinski definition) is 7. The van der Waals surface area contributed by atoms with E-state index in [0.717, 1.165) is 6.42 Å². The first-order chi connectivity index (χ1) is 9.70. The Hall–Kier alpha value is -1.77. The molecule has 0 saturated carbocycles. The van der Waals surface area contributed by atoms with Crippen molar-refractivity contribution in [1.29, 1.82) is 0 Å². The van der Waals surface area contributed by atoms with E-state index in [1.165, 1.54) is 6.33 Å². The third kappa shape index (κ3) is 1.92. The normalized spacial score (nSPS) is 26.4. The summed E-state index contributed by atoms with van der Waals surface area (Å²) in [5.74, 6) is -0.159. The number of aliphatic hydroxyl groups is 1. The zero-order valence-corrected chi connectivity index (χ0v) is 10.9. The van der Waals surface area contributed by atoms with E-state index in [4.69, 9.17) is 10.5 Å². The first-order valence-corrected chi connectivity index (χ1v) is 6.56. The minimum Gasteiger partial charge on any atom is -0.492 e. The Morgan fingerprint density at radius 3 is 3.00 bits per heavy atom. The minimum atomic E-state index is -0.669. The topological polar surface area (TPSA) is 119 Å². The molecule has 1 aliphatic rings. The molecule has 0 spiro atoms. The zero-order valence-electron chi connectivity index (χ0n) is 10.9. The highest BCUT2D eigenvalue weighted by Gasteiger charge is 2.42. The molecule has 0 bridgehead atoms. The third-order valence-electron chi connectivity index (χ3n) is 3.73. The summed E-state index contributed by atoms with van der Waals surface area (Å²) in [6.07, 6.45) is 4.69. The van der Waals surface area contributed by atoms with Gasteiger partial charge in [-0.3, -0.25) is 4.57 Å². The summed E-state index contributed by atoms with van der Waals surface area (Å²) in [7, 11) is 0. The minimum absolute atomic E-state index is 0.0286. The van der Waals surface area contributed by atoms with E-state index in [2.05, 4.69) is 15.0 Å². The lowest BCUT2D eigenvalue weighted by Crippen LogP contribution is -2.36. The summed E-state index contributed by atoms with van der Waals surface area (Å²) in [5, 5.41) is 19.0. The molecule has 0 aliphatic carbocycles. The molecule has 3 heterocycles. The van der Waals surface area contributed by atoms with Crippen LogP contribution in [0.25, 0.3) is 11.2 Å². The Balaban J connectivity index is 2.09. The summed E-state index contributed by atoms with van der Waals surface area (Å²) >= 11 is 0. The van der Waals surface area contributed by atoms with E-state index in [-0.39, 0.29) is 18.6 Å². The van der Waals surface area contributed by atoms with Crippen LogP contribution >= 0.6 is 0 Å². The molecule has 0 amide bonds. The number of rotatable bonds is 4. The van der Waals surface area contributed by atoms with Crippen LogP contribution in [0.15, 0.2) is 12.7 Å². The maximum absolute atomic E-state index is 9.71. The van der Waals surface area contributed by atoms with Gasteiger partial charge in [0, 0.05) is 6.42 Å². The van der Waals surface area contributed by atoms with Gasteiger partial charge in [0.25, 0.3) is 0 Å². The number of ether oxygens (including phenoxy) is 1. The Morgan fingerprint density at radius 2 is 2.30 bits per heavy atom. The second-order valence-electron chi connectivity index (χ2n) is 4.93. The zero-order chi connectivity index (χ0) is 14.2. The standard InChI is InChI=1S/C12H17N5O3/c13-4-3-12(2-1-8(5-18)20-12)17-7-16-9-10(17)14-6-15-11(9)19/h6-8,18H,1-5,13H2,(H,14,15,19)/t8-,12-/m0/s1. The molecule has 1 saturated heterocycles. The maximum Gasteiger partial charge on any atom is 0.242 e. The molecule has 3 rings (SSSR count). The van der Waals surface area contributed by atoms with Gasteiger partial charge in [0.05, 0.1) is 19.0 Å². The van der Waals surface area contributed by atoms with E-state index in [1.807, 2.05) is 0 Å². The molecule has 2 aromatic heterocycles. The summed E-state index contributed by atoms with van der Waals surface area (Å²) in [4.78, 5) is 12.0. The van der Waals surface area contributed by atoms with Crippen LogP contribution in [-0.4, -0.2) is 49.0 Å². The van der Waals surface area contributed by atoms with E-state index < -0.39 is 5.72 Å². The van der Waals surface area contributed by atoms with Crippen molar-refractivity contribution in [3.8, 4) is 5.88 Å². The van der Waals surface area contributed by atoms with Gasteiger partial charge in [0.15, 0.2) is 11.2 Å². The summed E-state index contributed by atoms with van der Waals surface area (Å²) < 4.78 is 7.77. The van der Waals surface area contributed by atoms with Gasteiger partial charge in [-0.25, -0.2) is 9.97 Å². The van der Waals surface area contributed by atoms with Gasteiger partial charge < -0.3 is 20.7 Å². The van der Waals surface area contributed by atoms with Crippen molar-refractivity contribution in [2.75, 3.05) is 13.2 Å². The summed E-state index contributed by atoms with van der Waals surface area (Å²) in [6, 6.07) is 0. The van der Waals surface area contributed by atoms with Crippen molar-refractivity contribution in [3.05, 3.63) is 12.7 Å². The van der Waals surface area contributed by atoms with Gasteiger partial charge in [-0.15, -0.1) is 0 Å². The predicted octanol–water partition coefficient (Wildman–Crippen LogP) is -0.295. The van der Waals surface area contributed by atoms with Gasteiger partial charge >= 0.3 is 0 Å². The van der Waals surface area contributed by atoms with Gasteiger partial charge in [-0.1, -0.05) is 0 Å². The molecule has 20 heavy (non-hydrogen) atoms. The molecule has 1 fully saturated rings. The number of aromatic nitrogens is 4. The Morgan fingerprint density at radius 1 is 1.45 bits per heavy atom. The molecule has 8 heteroatoms. The first-order valence-electron chi connectivity index (χ1n) is 6.56. The lowest BCUT2D eigenvalue weighted by atomic mass is 10.0. The Bertz CT molecular complexity index is 616. The quantitative estimate of drug-likeness (QED) is 0.703. The highest BCUT2D eigenvalue weighted by atomic mass is 16.5. The van der Waals surface area contributed by atoms with Crippen LogP contribution in [0.4, 0.5) is 0 Å². The molecular weight excluding hydrogens is 262 g/mol. The maximum atomic E-state index is 9.71. The Kier molecular flexibility index (Phi) is 3.28. The molecule has 2 aromatic rings. The van der Waals surface area contributed by atoms with E-state index in [9.17, 15) is 10.2 Å². The van der Waals surface area contributed by atoms with Crippen LogP contribution in [0, 0.1) is 0 Å². The second kappa shape index (κ2) is 4.97. The second-order valence-corrected chi connectivity index (χ2v) is 4.93. The van der Waals surface area contributed by atoms with Crippen molar-refractivity contribution >= 4 is 11.2 Å². The average Bonchev–Trinajstić information content (AvgIpc) is 3.04. The van der Waals surface area contributed by atoms with Gasteiger partial charge in [0.1, 0.15) is 12.1 Å². The number of imidazole rings is 1. The van der Waals surface area contributed by atoms with Crippen molar-refractivity contribution in [2.24, 2.45) is 5.73 Å². The van der Waals surface area contributed by atoms with E-state index in [0.29, 0.717) is 30.6 Å². The monoisotopic (exact) mass is 279 g/mol. The van der Waals surface area contributed by atoms with Gasteiger partial charge in [-0.05, 0) is 19.4 Å². The molecule has 0 radical (unpaired) electrons. The van der Waals surface area contributed by atoms with Gasteiger partial charge in [-0.2, -0.15) is 4.98 Å². The third-order valence-corrected chi connectivity index (χ3v) is 3.73. The molecule has 8 nitrogen and oxygen atoms in total. The van der Waals surface area contributed by atoms with E-state index >= 15 is 0 Å². The lowest BCUT2D eigenvalue weighted by Gasteiger charge is -2.30. The number of hydrogen-bond donors (Lipinski definition) is 3. The lowest BCUT2D eigenvalue weighted by molar-refractivity contribution is -0.112. The number of aliphatic hydroxyl groups excluding tert-OH is 1. The van der Waals surface area contributed by atoms with Crippen molar-refractivity contribution in [3.63, 3.8) is 0 Å². The molecule has 0 unspecified atom stereocenters. The van der Waals surface area contributed by atoms with Crippen LogP contribution in [0.1, 0.15) is 19.3 Å². The van der Waals surface area contributed by atoms with Crippen LogP contribution in [0.2, 0.25) is 0 Å². The van der Waals surface area contributed by atoms with Crippen LogP contribution < -0.4 is 5.73 Å². The number of aromatic hydroxyl groups is 1. The number of nitrogens with zero attached hydrogens (tertiary/aromatic N) is 4. The predicted molar refractivity (Wildman–Crippen MR) is 69.8 cm³/mol. The summed E-state index contributed by atoms with van der Waals surface area (Å²) in [6.45, 7) is 0.411. The van der Waals surface area contributed by atoms with E-state index in [1.54, 1.807) is 10.9 Å². The molecule has 2 atom stereocenters. The molecule has 0 aromatic carbocycles. The number of fused-ring (bicyclic) bond motifs is 1. The Labute approximate surface area is 115 Å². The molecule has 108 valence electrons. The molecule has 4 N–H and O–H groups in total.